The van der Waals surface area contributed by atoms with E-state index in [-0.39, 0.29) is 17.5 Å². The molecule has 0 aliphatic heterocycles. The summed E-state index contributed by atoms with van der Waals surface area (Å²) in [4.78, 5) is 12.5. The van der Waals surface area contributed by atoms with Gasteiger partial charge in [0.25, 0.3) is 0 Å². The van der Waals surface area contributed by atoms with Crippen LogP contribution >= 0.6 is 46.6 Å². The first-order chi connectivity index (χ1) is 15.4. The molecule has 32 heavy (non-hydrogen) atoms. The molecule has 0 unspecified atom stereocenters. The Morgan fingerprint density at radius 2 is 1.62 bits per heavy atom. The molecule has 0 bridgehead atoms. The number of rotatable bonds is 6. The molecule has 3 aromatic carbocycles. The van der Waals surface area contributed by atoms with E-state index in [2.05, 4.69) is 15.5 Å². The zero-order valence-electron chi connectivity index (χ0n) is 16.2. The molecule has 1 aromatic heterocycles. The molecule has 0 saturated heterocycles. The first-order valence-corrected chi connectivity index (χ1v) is 11.4. The van der Waals surface area contributed by atoms with Crippen LogP contribution in [0.1, 0.15) is 0 Å². The number of hydrogen-bond donors (Lipinski definition) is 1. The summed E-state index contributed by atoms with van der Waals surface area (Å²) >= 11 is 19.2. The average molecular weight is 508 g/mol. The number of benzene rings is 3. The number of thioether (sulfide) groups is 1. The number of carbonyl (C=O) groups is 1. The normalized spacial score (nSPS) is 10.9. The third-order valence-corrected chi connectivity index (χ3v) is 6.09. The van der Waals surface area contributed by atoms with Crippen molar-refractivity contribution >= 4 is 58.2 Å². The highest BCUT2D eigenvalue weighted by molar-refractivity contribution is 7.99. The van der Waals surface area contributed by atoms with Crippen molar-refractivity contribution in [2.75, 3.05) is 11.1 Å². The summed E-state index contributed by atoms with van der Waals surface area (Å²) in [5.41, 5.74) is 1.89. The number of amides is 1. The molecule has 162 valence electrons. The molecule has 0 spiro atoms. The SMILES string of the molecule is O=C(CSc1nnc(-c2ccc(Cl)cc2)n1-c1ccc(F)cc1)Nc1ccc(Cl)cc1Cl. The van der Waals surface area contributed by atoms with Crippen LogP contribution in [-0.2, 0) is 4.79 Å². The van der Waals surface area contributed by atoms with Crippen molar-refractivity contribution in [3.8, 4) is 17.1 Å². The highest BCUT2D eigenvalue weighted by Crippen LogP contribution is 2.30. The lowest BCUT2D eigenvalue weighted by atomic mass is 10.2. The standard InChI is InChI=1S/C22H14Cl3FN4OS/c23-14-3-1-13(2-4-14)21-28-29-22(30(21)17-8-6-16(26)7-9-17)32-12-20(31)27-19-10-5-15(24)11-18(19)25/h1-11H,12H2,(H,27,31). The smallest absolute Gasteiger partial charge is 0.234 e. The first-order valence-electron chi connectivity index (χ1n) is 9.26. The Balaban J connectivity index is 1.60. The number of nitrogens with one attached hydrogen (secondary N) is 1. The van der Waals surface area contributed by atoms with Crippen LogP contribution in [0.3, 0.4) is 0 Å². The van der Waals surface area contributed by atoms with Gasteiger partial charge in [0.15, 0.2) is 11.0 Å². The van der Waals surface area contributed by atoms with Gasteiger partial charge in [0.2, 0.25) is 5.91 Å². The van der Waals surface area contributed by atoms with E-state index in [1.165, 1.54) is 23.9 Å². The molecular weight excluding hydrogens is 494 g/mol. The Morgan fingerprint density at radius 3 is 2.31 bits per heavy atom. The Hall–Kier alpha value is -2.58. The zero-order valence-corrected chi connectivity index (χ0v) is 19.3. The second kappa shape index (κ2) is 9.92. The predicted octanol–water partition coefficient (Wildman–Crippen LogP) is 6.76. The molecule has 0 aliphatic carbocycles. The van der Waals surface area contributed by atoms with Gasteiger partial charge in [0.1, 0.15) is 5.82 Å². The van der Waals surface area contributed by atoms with Crippen LogP contribution < -0.4 is 5.32 Å². The molecule has 0 radical (unpaired) electrons. The number of carbonyl (C=O) groups excluding carboxylic acids is 1. The minimum Gasteiger partial charge on any atom is -0.324 e. The van der Waals surface area contributed by atoms with E-state index in [4.69, 9.17) is 34.8 Å². The number of anilines is 1. The molecule has 4 rings (SSSR count). The van der Waals surface area contributed by atoms with Crippen LogP contribution in [0, 0.1) is 5.82 Å². The van der Waals surface area contributed by atoms with E-state index >= 15 is 0 Å². The Kier molecular flexibility index (Phi) is 7.01. The zero-order chi connectivity index (χ0) is 22.7. The first kappa shape index (κ1) is 22.6. The van der Waals surface area contributed by atoms with Crippen molar-refractivity contribution in [1.82, 2.24) is 14.8 Å². The number of nitrogens with zero attached hydrogens (tertiary/aromatic N) is 3. The number of halogens is 4. The fourth-order valence-corrected chi connectivity index (χ4v) is 4.21. The van der Waals surface area contributed by atoms with Gasteiger partial charge in [-0.1, -0.05) is 46.6 Å². The van der Waals surface area contributed by atoms with Crippen LogP contribution in [0.15, 0.2) is 71.9 Å². The topological polar surface area (TPSA) is 59.8 Å². The predicted molar refractivity (Wildman–Crippen MR) is 128 cm³/mol. The molecule has 1 heterocycles. The van der Waals surface area contributed by atoms with Crippen LogP contribution in [0.2, 0.25) is 15.1 Å². The van der Waals surface area contributed by atoms with E-state index in [0.717, 1.165) is 5.56 Å². The van der Waals surface area contributed by atoms with Crippen molar-refractivity contribution in [1.29, 1.82) is 0 Å². The van der Waals surface area contributed by atoms with Crippen molar-refractivity contribution in [2.45, 2.75) is 5.16 Å². The van der Waals surface area contributed by atoms with E-state index in [1.807, 2.05) is 12.1 Å². The lowest BCUT2D eigenvalue weighted by Gasteiger charge is -2.11. The van der Waals surface area contributed by atoms with E-state index < -0.39 is 0 Å². The average Bonchev–Trinajstić information content (AvgIpc) is 3.19. The maximum atomic E-state index is 13.5. The van der Waals surface area contributed by atoms with Crippen LogP contribution in [-0.4, -0.2) is 26.4 Å². The summed E-state index contributed by atoms with van der Waals surface area (Å²) < 4.78 is 15.2. The summed E-state index contributed by atoms with van der Waals surface area (Å²) in [5, 5.41) is 13.2. The van der Waals surface area contributed by atoms with Crippen molar-refractivity contribution < 1.29 is 9.18 Å². The lowest BCUT2D eigenvalue weighted by molar-refractivity contribution is -0.113. The lowest BCUT2D eigenvalue weighted by Crippen LogP contribution is -2.15. The maximum absolute atomic E-state index is 13.5. The Bertz CT molecular complexity index is 1260. The van der Waals surface area contributed by atoms with Gasteiger partial charge in [0.05, 0.1) is 16.5 Å². The summed E-state index contributed by atoms with van der Waals surface area (Å²) in [6, 6.07) is 17.9. The molecule has 0 atom stereocenters. The minimum absolute atomic E-state index is 0.0545. The number of aromatic nitrogens is 3. The third-order valence-electron chi connectivity index (χ3n) is 4.36. The second-order valence-corrected chi connectivity index (χ2v) is 8.81. The Morgan fingerprint density at radius 1 is 0.938 bits per heavy atom. The van der Waals surface area contributed by atoms with E-state index in [1.54, 1.807) is 47.0 Å². The molecule has 0 fully saturated rings. The molecule has 0 aliphatic rings. The van der Waals surface area contributed by atoms with Gasteiger partial charge in [0, 0.05) is 21.3 Å². The van der Waals surface area contributed by atoms with Crippen LogP contribution in [0.4, 0.5) is 10.1 Å². The Labute approximate surface area is 202 Å². The minimum atomic E-state index is -0.358. The monoisotopic (exact) mass is 506 g/mol. The second-order valence-electron chi connectivity index (χ2n) is 6.59. The fraction of sp³-hybridized carbons (Fsp3) is 0.0455. The molecular formula is C22H14Cl3FN4OS. The molecule has 4 aromatic rings. The molecule has 0 saturated carbocycles. The molecule has 10 heteroatoms. The van der Waals surface area contributed by atoms with Gasteiger partial charge in [-0.3, -0.25) is 9.36 Å². The highest BCUT2D eigenvalue weighted by atomic mass is 35.5. The van der Waals surface area contributed by atoms with Gasteiger partial charge >= 0.3 is 0 Å². The van der Waals surface area contributed by atoms with E-state index in [9.17, 15) is 9.18 Å². The van der Waals surface area contributed by atoms with Gasteiger partial charge < -0.3 is 5.32 Å². The quantitative estimate of drug-likeness (QED) is 0.293. The van der Waals surface area contributed by atoms with Gasteiger partial charge in [-0.25, -0.2) is 4.39 Å². The fourth-order valence-electron chi connectivity index (χ4n) is 2.88. The van der Waals surface area contributed by atoms with Crippen molar-refractivity contribution in [2.24, 2.45) is 0 Å². The van der Waals surface area contributed by atoms with Crippen LogP contribution in [0.25, 0.3) is 17.1 Å². The molecule has 1 N–H and O–H groups in total. The van der Waals surface area contributed by atoms with Crippen molar-refractivity contribution in [3.63, 3.8) is 0 Å². The summed E-state index contributed by atoms with van der Waals surface area (Å²) in [7, 11) is 0. The highest BCUT2D eigenvalue weighted by Gasteiger charge is 2.18. The van der Waals surface area contributed by atoms with Crippen LogP contribution in [0.5, 0.6) is 0 Å². The van der Waals surface area contributed by atoms with E-state index in [0.29, 0.717) is 37.4 Å². The largest absolute Gasteiger partial charge is 0.324 e. The van der Waals surface area contributed by atoms with Gasteiger partial charge in [-0.2, -0.15) is 0 Å². The molecule has 1 amide bonds. The maximum Gasteiger partial charge on any atom is 0.234 e. The number of hydrogen-bond acceptors (Lipinski definition) is 4. The van der Waals surface area contributed by atoms with Gasteiger partial charge in [-0.05, 0) is 66.7 Å². The third kappa shape index (κ3) is 5.24. The van der Waals surface area contributed by atoms with Gasteiger partial charge in [-0.15, -0.1) is 10.2 Å². The van der Waals surface area contributed by atoms with Crippen molar-refractivity contribution in [3.05, 3.63) is 87.6 Å². The molecule has 5 nitrogen and oxygen atoms in total. The summed E-state index contributed by atoms with van der Waals surface area (Å²) in [5.74, 6) is -0.0417. The summed E-state index contributed by atoms with van der Waals surface area (Å²) in [6.07, 6.45) is 0. The summed E-state index contributed by atoms with van der Waals surface area (Å²) in [6.45, 7) is 0.